The molecule has 3 aromatic carbocycles. The van der Waals surface area contributed by atoms with E-state index in [0.29, 0.717) is 24.5 Å². The predicted molar refractivity (Wildman–Crippen MR) is 132 cm³/mol. The summed E-state index contributed by atoms with van der Waals surface area (Å²) in [6.07, 6.45) is 3.01. The lowest BCUT2D eigenvalue weighted by Crippen LogP contribution is -2.35. The minimum Gasteiger partial charge on any atom is -0.489 e. The van der Waals surface area contributed by atoms with Crippen LogP contribution in [-0.2, 0) is 4.79 Å². The van der Waals surface area contributed by atoms with Gasteiger partial charge in [0.1, 0.15) is 18.1 Å². The SMILES string of the molecule is C=CCOc1ccc(Br)cc1C=NNC(=O)[C@H](CC)Oc1ccc2ccccc2c1Br. The Bertz CT molecular complexity index is 1120. The van der Waals surface area contributed by atoms with E-state index in [2.05, 4.69) is 49.0 Å². The van der Waals surface area contributed by atoms with Crippen LogP contribution in [0.25, 0.3) is 10.8 Å². The van der Waals surface area contributed by atoms with Crippen LogP contribution in [0.1, 0.15) is 18.9 Å². The van der Waals surface area contributed by atoms with Crippen LogP contribution in [0.3, 0.4) is 0 Å². The second-order valence-electron chi connectivity index (χ2n) is 6.63. The molecule has 5 nitrogen and oxygen atoms in total. The first-order valence-electron chi connectivity index (χ1n) is 9.73. The number of hydrazone groups is 1. The lowest BCUT2D eigenvalue weighted by atomic mass is 10.1. The van der Waals surface area contributed by atoms with Crippen molar-refractivity contribution in [2.75, 3.05) is 6.61 Å². The zero-order chi connectivity index (χ0) is 22.2. The Hall–Kier alpha value is -2.64. The van der Waals surface area contributed by atoms with Crippen molar-refractivity contribution >= 4 is 54.8 Å². The zero-order valence-electron chi connectivity index (χ0n) is 17.0. The molecule has 0 aliphatic carbocycles. The maximum absolute atomic E-state index is 12.6. The van der Waals surface area contributed by atoms with E-state index in [1.807, 2.05) is 61.5 Å². The molecule has 1 N–H and O–H groups in total. The second kappa shape index (κ2) is 11.1. The van der Waals surface area contributed by atoms with Crippen molar-refractivity contribution in [2.45, 2.75) is 19.4 Å². The van der Waals surface area contributed by atoms with E-state index in [0.717, 1.165) is 25.3 Å². The van der Waals surface area contributed by atoms with E-state index >= 15 is 0 Å². The summed E-state index contributed by atoms with van der Waals surface area (Å²) < 4.78 is 13.3. The van der Waals surface area contributed by atoms with E-state index in [1.54, 1.807) is 12.3 Å². The van der Waals surface area contributed by atoms with Crippen molar-refractivity contribution in [3.63, 3.8) is 0 Å². The van der Waals surface area contributed by atoms with E-state index in [-0.39, 0.29) is 5.91 Å². The van der Waals surface area contributed by atoms with Crippen LogP contribution in [-0.4, -0.2) is 24.8 Å². The summed E-state index contributed by atoms with van der Waals surface area (Å²) >= 11 is 7.03. The van der Waals surface area contributed by atoms with E-state index in [4.69, 9.17) is 9.47 Å². The fourth-order valence-corrected chi connectivity index (χ4v) is 3.88. The van der Waals surface area contributed by atoms with Crippen LogP contribution in [0, 0.1) is 0 Å². The molecule has 0 saturated carbocycles. The molecule has 0 bridgehead atoms. The first-order chi connectivity index (χ1) is 15.0. The van der Waals surface area contributed by atoms with Gasteiger partial charge in [0, 0.05) is 10.0 Å². The molecule has 160 valence electrons. The Morgan fingerprint density at radius 3 is 2.71 bits per heavy atom. The highest BCUT2D eigenvalue weighted by Gasteiger charge is 2.20. The molecule has 0 aromatic heterocycles. The Labute approximate surface area is 198 Å². The van der Waals surface area contributed by atoms with Gasteiger partial charge >= 0.3 is 0 Å². The van der Waals surface area contributed by atoms with Gasteiger partial charge in [0.05, 0.1) is 10.7 Å². The van der Waals surface area contributed by atoms with E-state index in [1.165, 1.54) is 0 Å². The number of nitrogens with one attached hydrogen (secondary N) is 1. The number of hydrogen-bond acceptors (Lipinski definition) is 4. The molecule has 0 fully saturated rings. The molecule has 1 atom stereocenters. The fraction of sp³-hybridized carbons (Fsp3) is 0.167. The van der Waals surface area contributed by atoms with Crippen molar-refractivity contribution in [3.05, 3.63) is 81.8 Å². The number of nitrogens with zero attached hydrogens (tertiary/aromatic N) is 1. The molecule has 0 spiro atoms. The number of fused-ring (bicyclic) bond motifs is 1. The van der Waals surface area contributed by atoms with Gasteiger partial charge in [0.15, 0.2) is 6.10 Å². The minimum absolute atomic E-state index is 0.331. The Morgan fingerprint density at radius 2 is 1.94 bits per heavy atom. The first kappa shape index (κ1) is 23.0. The summed E-state index contributed by atoms with van der Waals surface area (Å²) in [5.74, 6) is 0.920. The molecule has 0 heterocycles. The molecule has 7 heteroatoms. The van der Waals surface area contributed by atoms with Crippen LogP contribution >= 0.6 is 31.9 Å². The Morgan fingerprint density at radius 1 is 1.16 bits per heavy atom. The third-order valence-corrected chi connectivity index (χ3v) is 5.78. The van der Waals surface area contributed by atoms with Crippen molar-refractivity contribution in [2.24, 2.45) is 5.10 Å². The molecule has 0 aliphatic heterocycles. The maximum Gasteiger partial charge on any atom is 0.281 e. The molecule has 3 aromatic rings. The third kappa shape index (κ3) is 5.95. The van der Waals surface area contributed by atoms with Crippen LogP contribution in [0.5, 0.6) is 11.5 Å². The summed E-state index contributed by atoms with van der Waals surface area (Å²) in [5.41, 5.74) is 3.29. The van der Waals surface area contributed by atoms with Crippen LogP contribution in [0.2, 0.25) is 0 Å². The van der Waals surface area contributed by atoms with Crippen LogP contribution in [0.15, 0.2) is 81.3 Å². The average Bonchev–Trinajstić information content (AvgIpc) is 2.78. The largest absolute Gasteiger partial charge is 0.489 e. The molecule has 0 unspecified atom stereocenters. The zero-order valence-corrected chi connectivity index (χ0v) is 20.1. The molecule has 0 aliphatic rings. The number of carbonyl (C=O) groups is 1. The van der Waals surface area contributed by atoms with Crippen molar-refractivity contribution < 1.29 is 14.3 Å². The normalized spacial score (nSPS) is 12.0. The monoisotopic (exact) mass is 544 g/mol. The van der Waals surface area contributed by atoms with Gasteiger partial charge in [-0.2, -0.15) is 5.10 Å². The number of hydrogen-bond donors (Lipinski definition) is 1. The van der Waals surface area contributed by atoms with Crippen LogP contribution < -0.4 is 14.9 Å². The average molecular weight is 546 g/mol. The predicted octanol–water partition coefficient (Wildman–Crippen LogP) is 6.24. The molecule has 0 saturated heterocycles. The fourth-order valence-electron chi connectivity index (χ4n) is 2.92. The van der Waals surface area contributed by atoms with Gasteiger partial charge in [-0.05, 0) is 57.4 Å². The van der Waals surface area contributed by atoms with Crippen LogP contribution in [0.4, 0.5) is 0 Å². The summed E-state index contributed by atoms with van der Waals surface area (Å²) in [6, 6.07) is 17.3. The van der Waals surface area contributed by atoms with E-state index < -0.39 is 6.10 Å². The Balaban J connectivity index is 1.70. The lowest BCUT2D eigenvalue weighted by Gasteiger charge is -2.17. The smallest absolute Gasteiger partial charge is 0.281 e. The highest BCUT2D eigenvalue weighted by Crippen LogP contribution is 2.33. The standard InChI is InChI=1S/C24H22Br2N2O3/c1-3-13-30-21-12-10-18(25)14-17(21)15-27-28-24(29)20(4-2)31-22-11-9-16-7-5-6-8-19(16)23(22)26/h3,5-12,14-15,20H,1,4,13H2,2H3,(H,28,29)/t20-/m0/s1. The lowest BCUT2D eigenvalue weighted by molar-refractivity contribution is -0.128. The highest BCUT2D eigenvalue weighted by atomic mass is 79.9. The molecule has 0 radical (unpaired) electrons. The van der Waals surface area contributed by atoms with Gasteiger partial charge in [-0.1, -0.05) is 65.8 Å². The maximum atomic E-state index is 12.6. The number of amides is 1. The van der Waals surface area contributed by atoms with E-state index in [9.17, 15) is 4.79 Å². The number of ether oxygens (including phenoxy) is 2. The number of halogens is 2. The number of carbonyl (C=O) groups excluding carboxylic acids is 1. The third-order valence-electron chi connectivity index (χ3n) is 4.47. The number of rotatable bonds is 9. The van der Waals surface area contributed by atoms with Crippen molar-refractivity contribution in [3.8, 4) is 11.5 Å². The summed E-state index contributed by atoms with van der Waals surface area (Å²) in [7, 11) is 0. The highest BCUT2D eigenvalue weighted by molar-refractivity contribution is 9.11. The second-order valence-corrected chi connectivity index (χ2v) is 8.34. The molecular weight excluding hydrogens is 524 g/mol. The topological polar surface area (TPSA) is 59.9 Å². The summed E-state index contributed by atoms with van der Waals surface area (Å²) in [5, 5.41) is 6.20. The van der Waals surface area contributed by atoms with Gasteiger partial charge in [-0.25, -0.2) is 5.43 Å². The van der Waals surface area contributed by atoms with Gasteiger partial charge < -0.3 is 9.47 Å². The van der Waals surface area contributed by atoms with Crippen molar-refractivity contribution in [1.82, 2.24) is 5.43 Å². The molecular formula is C24H22Br2N2O3. The molecule has 31 heavy (non-hydrogen) atoms. The first-order valence-corrected chi connectivity index (χ1v) is 11.3. The van der Waals surface area contributed by atoms with Gasteiger partial charge in [-0.15, -0.1) is 0 Å². The summed E-state index contributed by atoms with van der Waals surface area (Å²) in [4.78, 5) is 12.6. The minimum atomic E-state index is -0.686. The quantitative estimate of drug-likeness (QED) is 0.197. The molecule has 3 rings (SSSR count). The van der Waals surface area contributed by atoms with Gasteiger partial charge in [0.2, 0.25) is 0 Å². The summed E-state index contributed by atoms with van der Waals surface area (Å²) in [6.45, 7) is 5.92. The van der Waals surface area contributed by atoms with Gasteiger partial charge in [0.25, 0.3) is 5.91 Å². The number of benzene rings is 3. The molecule has 1 amide bonds. The van der Waals surface area contributed by atoms with Crippen molar-refractivity contribution in [1.29, 1.82) is 0 Å². The Kier molecular flexibility index (Phi) is 8.26. The van der Waals surface area contributed by atoms with Gasteiger partial charge in [-0.3, -0.25) is 4.79 Å².